The van der Waals surface area contributed by atoms with Crippen molar-refractivity contribution in [2.24, 2.45) is 5.92 Å². The summed E-state index contributed by atoms with van der Waals surface area (Å²) in [6.45, 7) is 5.80. The summed E-state index contributed by atoms with van der Waals surface area (Å²) >= 11 is 1.47. The number of nitrogens with zero attached hydrogens (tertiary/aromatic N) is 2. The second-order valence-electron chi connectivity index (χ2n) is 4.31. The molecule has 0 aliphatic rings. The fourth-order valence-corrected chi connectivity index (χ4v) is 2.63. The van der Waals surface area contributed by atoms with Crippen LogP contribution in [-0.4, -0.2) is 16.0 Å². The molecule has 0 radical (unpaired) electrons. The number of amides is 1. The van der Waals surface area contributed by atoms with Crippen LogP contribution in [0.4, 0.5) is 5.69 Å². The molecule has 5 nitrogen and oxygen atoms in total. The largest absolute Gasteiger partial charge is 0.333 e. The van der Waals surface area contributed by atoms with E-state index in [9.17, 15) is 4.79 Å². The van der Waals surface area contributed by atoms with Gasteiger partial charge in [-0.3, -0.25) is 4.79 Å². The summed E-state index contributed by atoms with van der Waals surface area (Å²) in [6, 6.07) is 1.86. The van der Waals surface area contributed by atoms with Crippen molar-refractivity contribution in [3.8, 4) is 10.8 Å². The van der Waals surface area contributed by atoms with E-state index in [2.05, 4.69) is 15.5 Å². The summed E-state index contributed by atoms with van der Waals surface area (Å²) in [6.07, 6.45) is 1.67. The normalized spacial score (nSPS) is 10.9. The summed E-state index contributed by atoms with van der Waals surface area (Å²) in [7, 11) is 0. The number of rotatable bonds is 5. The van der Waals surface area contributed by atoms with Gasteiger partial charge in [-0.05, 0) is 31.2 Å². The first-order valence-corrected chi connectivity index (χ1v) is 7.22. The smallest absolute Gasteiger partial charge is 0.270 e. The molecule has 6 heteroatoms. The van der Waals surface area contributed by atoms with E-state index in [0.717, 1.165) is 23.4 Å². The van der Waals surface area contributed by atoms with Gasteiger partial charge in [-0.15, -0.1) is 11.3 Å². The molecule has 2 rings (SSSR count). The van der Waals surface area contributed by atoms with Crippen molar-refractivity contribution >= 4 is 22.9 Å². The highest BCUT2D eigenvalue weighted by molar-refractivity contribution is 7.14. The van der Waals surface area contributed by atoms with E-state index >= 15 is 0 Å². The van der Waals surface area contributed by atoms with Crippen LogP contribution in [0.5, 0.6) is 0 Å². The van der Waals surface area contributed by atoms with Gasteiger partial charge in [0, 0.05) is 5.92 Å². The number of carbonyl (C=O) groups is 1. The van der Waals surface area contributed by atoms with E-state index in [1.807, 2.05) is 25.3 Å². The van der Waals surface area contributed by atoms with Crippen molar-refractivity contribution in [1.29, 1.82) is 0 Å². The highest BCUT2D eigenvalue weighted by Gasteiger charge is 2.19. The molecule has 0 saturated carbocycles. The topological polar surface area (TPSA) is 68.0 Å². The Kier molecular flexibility index (Phi) is 4.31. The van der Waals surface area contributed by atoms with Gasteiger partial charge in [-0.2, -0.15) is 4.98 Å². The van der Waals surface area contributed by atoms with Crippen LogP contribution in [0.2, 0.25) is 0 Å². The Balaban J connectivity index is 2.19. The summed E-state index contributed by atoms with van der Waals surface area (Å²) in [4.78, 5) is 17.1. The van der Waals surface area contributed by atoms with Crippen LogP contribution in [0.15, 0.2) is 16.0 Å². The molecule has 1 N–H and O–H groups in total. The van der Waals surface area contributed by atoms with Crippen LogP contribution >= 0.6 is 11.3 Å². The van der Waals surface area contributed by atoms with Crippen LogP contribution in [-0.2, 0) is 4.79 Å². The zero-order valence-electron chi connectivity index (χ0n) is 11.3. The molecular formula is C13H17N3O2S. The van der Waals surface area contributed by atoms with Gasteiger partial charge in [-0.25, -0.2) is 0 Å². The number of hydrogen-bond acceptors (Lipinski definition) is 5. The minimum absolute atomic E-state index is 0.0390. The third kappa shape index (κ3) is 3.01. The lowest BCUT2D eigenvalue weighted by Gasteiger charge is -2.12. The van der Waals surface area contributed by atoms with E-state index in [1.165, 1.54) is 11.3 Å². The Labute approximate surface area is 116 Å². The summed E-state index contributed by atoms with van der Waals surface area (Å²) < 4.78 is 5.14. The third-order valence-electron chi connectivity index (χ3n) is 3.00. The predicted octanol–water partition coefficient (Wildman–Crippen LogP) is 3.48. The first-order chi connectivity index (χ1) is 9.15. The number of carbonyl (C=O) groups excluding carboxylic acids is 1. The van der Waals surface area contributed by atoms with Gasteiger partial charge in [0.1, 0.15) is 4.88 Å². The number of nitrogens with one attached hydrogen (secondary N) is 1. The quantitative estimate of drug-likeness (QED) is 0.909. The SMILES string of the molecule is CCC(CC)C(=O)Nc1ccsc1-c1nc(C)no1. The molecule has 2 aromatic rings. The van der Waals surface area contributed by atoms with E-state index in [0.29, 0.717) is 11.7 Å². The van der Waals surface area contributed by atoms with E-state index < -0.39 is 0 Å². The van der Waals surface area contributed by atoms with Crippen molar-refractivity contribution in [2.45, 2.75) is 33.6 Å². The number of aromatic nitrogens is 2. The number of anilines is 1. The molecule has 19 heavy (non-hydrogen) atoms. The summed E-state index contributed by atoms with van der Waals surface area (Å²) in [5.41, 5.74) is 0.741. The van der Waals surface area contributed by atoms with Gasteiger partial charge in [0.2, 0.25) is 5.91 Å². The zero-order valence-corrected chi connectivity index (χ0v) is 12.1. The van der Waals surface area contributed by atoms with E-state index in [1.54, 1.807) is 6.92 Å². The average Bonchev–Trinajstić information content (AvgIpc) is 2.99. The van der Waals surface area contributed by atoms with Gasteiger partial charge in [0.05, 0.1) is 5.69 Å². The summed E-state index contributed by atoms with van der Waals surface area (Å²) in [5.74, 6) is 1.12. The highest BCUT2D eigenvalue weighted by Crippen LogP contribution is 2.32. The maximum Gasteiger partial charge on any atom is 0.270 e. The molecule has 0 atom stereocenters. The Morgan fingerprint density at radius 1 is 1.47 bits per heavy atom. The number of aryl methyl sites for hydroxylation is 1. The van der Waals surface area contributed by atoms with Gasteiger partial charge < -0.3 is 9.84 Å². The molecule has 0 aliphatic heterocycles. The monoisotopic (exact) mass is 279 g/mol. The molecule has 0 spiro atoms. The molecular weight excluding hydrogens is 262 g/mol. The van der Waals surface area contributed by atoms with Gasteiger partial charge in [0.25, 0.3) is 5.89 Å². The number of hydrogen-bond donors (Lipinski definition) is 1. The minimum Gasteiger partial charge on any atom is -0.333 e. The van der Waals surface area contributed by atoms with Crippen LogP contribution in [0.3, 0.4) is 0 Å². The molecule has 0 fully saturated rings. The van der Waals surface area contributed by atoms with Crippen LogP contribution in [0.25, 0.3) is 10.8 Å². The Hall–Kier alpha value is -1.69. The standard InChI is InChI=1S/C13H17N3O2S/c1-4-9(5-2)12(17)15-10-6-7-19-11(10)13-14-8(3)16-18-13/h6-7,9H,4-5H2,1-3H3,(H,15,17). The molecule has 0 bridgehead atoms. The van der Waals surface area contributed by atoms with Crippen LogP contribution in [0.1, 0.15) is 32.5 Å². The van der Waals surface area contributed by atoms with Crippen molar-refractivity contribution < 1.29 is 9.32 Å². The second-order valence-corrected chi connectivity index (χ2v) is 5.23. The van der Waals surface area contributed by atoms with Crippen molar-refractivity contribution in [3.63, 3.8) is 0 Å². The molecule has 2 aromatic heterocycles. The van der Waals surface area contributed by atoms with Crippen LogP contribution < -0.4 is 5.32 Å². The van der Waals surface area contributed by atoms with Gasteiger partial charge >= 0.3 is 0 Å². The fourth-order valence-electron chi connectivity index (χ4n) is 1.86. The lowest BCUT2D eigenvalue weighted by Crippen LogP contribution is -2.21. The lowest BCUT2D eigenvalue weighted by molar-refractivity contribution is -0.120. The summed E-state index contributed by atoms with van der Waals surface area (Å²) in [5, 5.41) is 8.61. The molecule has 0 aliphatic carbocycles. The number of thiophene rings is 1. The zero-order chi connectivity index (χ0) is 13.8. The Morgan fingerprint density at radius 2 is 2.21 bits per heavy atom. The average molecular weight is 279 g/mol. The Bertz CT molecular complexity index is 558. The van der Waals surface area contributed by atoms with E-state index in [-0.39, 0.29) is 11.8 Å². The minimum atomic E-state index is 0.0390. The maximum atomic E-state index is 12.1. The third-order valence-corrected chi connectivity index (χ3v) is 3.90. The van der Waals surface area contributed by atoms with Crippen molar-refractivity contribution in [2.75, 3.05) is 5.32 Å². The van der Waals surface area contributed by atoms with Crippen molar-refractivity contribution in [1.82, 2.24) is 10.1 Å². The van der Waals surface area contributed by atoms with E-state index in [4.69, 9.17) is 4.52 Å². The maximum absolute atomic E-state index is 12.1. The molecule has 0 unspecified atom stereocenters. The Morgan fingerprint density at radius 3 is 2.79 bits per heavy atom. The predicted molar refractivity (Wildman–Crippen MR) is 75.0 cm³/mol. The van der Waals surface area contributed by atoms with Gasteiger partial charge in [-0.1, -0.05) is 19.0 Å². The highest BCUT2D eigenvalue weighted by atomic mass is 32.1. The van der Waals surface area contributed by atoms with Gasteiger partial charge in [0.15, 0.2) is 5.82 Å². The molecule has 2 heterocycles. The molecule has 0 aromatic carbocycles. The van der Waals surface area contributed by atoms with Crippen molar-refractivity contribution in [3.05, 3.63) is 17.3 Å². The first-order valence-electron chi connectivity index (χ1n) is 6.34. The second kappa shape index (κ2) is 5.97. The first kappa shape index (κ1) is 13.7. The molecule has 0 saturated heterocycles. The molecule has 1 amide bonds. The molecule has 102 valence electrons. The lowest BCUT2D eigenvalue weighted by atomic mass is 10.0. The van der Waals surface area contributed by atoms with Crippen LogP contribution in [0, 0.1) is 12.8 Å². The fraction of sp³-hybridized carbons (Fsp3) is 0.462.